The Kier molecular flexibility index (Phi) is 4.03. The molecular formula is C14H23NOS. The Bertz CT molecular complexity index is 399. The largest absolute Gasteiger partial charge is 0.346 e. The number of rotatable bonds is 3. The Labute approximate surface area is 108 Å². The van der Waals surface area contributed by atoms with E-state index in [4.69, 9.17) is 0 Å². The van der Waals surface area contributed by atoms with Crippen LogP contribution in [0.3, 0.4) is 0 Å². The number of carbonyl (C=O) groups excluding carboxylic acids is 1. The molecule has 1 aromatic heterocycles. The highest BCUT2D eigenvalue weighted by Gasteiger charge is 2.27. The summed E-state index contributed by atoms with van der Waals surface area (Å²) in [5.74, 6) is 0.0479. The first-order valence-electron chi connectivity index (χ1n) is 5.97. The third-order valence-corrected chi connectivity index (χ3v) is 3.51. The van der Waals surface area contributed by atoms with Gasteiger partial charge in [0.15, 0.2) is 0 Å². The molecule has 1 heterocycles. The normalized spacial score (nSPS) is 12.6. The second kappa shape index (κ2) is 4.81. The summed E-state index contributed by atoms with van der Waals surface area (Å²) in [5.41, 5.74) is 1.09. The van der Waals surface area contributed by atoms with Gasteiger partial charge in [0.2, 0.25) is 0 Å². The van der Waals surface area contributed by atoms with Crippen molar-refractivity contribution in [2.75, 3.05) is 0 Å². The topological polar surface area (TPSA) is 29.1 Å². The molecule has 1 amide bonds. The molecule has 0 fully saturated rings. The van der Waals surface area contributed by atoms with Crippen molar-refractivity contribution in [3.8, 4) is 0 Å². The lowest BCUT2D eigenvalue weighted by molar-refractivity contribution is 0.0895. The predicted octanol–water partition coefficient (Wildman–Crippen LogP) is 4.00. The fraction of sp³-hybridized carbons (Fsp3) is 0.643. The van der Waals surface area contributed by atoms with Crippen LogP contribution in [-0.4, -0.2) is 11.4 Å². The Morgan fingerprint density at radius 1 is 1.29 bits per heavy atom. The summed E-state index contributed by atoms with van der Waals surface area (Å²) in [6.07, 6.45) is 0.955. The molecule has 0 aromatic carbocycles. The Morgan fingerprint density at radius 3 is 2.29 bits per heavy atom. The highest BCUT2D eigenvalue weighted by atomic mass is 32.1. The molecule has 96 valence electrons. The molecular weight excluding hydrogens is 230 g/mol. The lowest BCUT2D eigenvalue weighted by Crippen LogP contribution is -2.45. The van der Waals surface area contributed by atoms with Crippen LogP contribution in [0.1, 0.15) is 56.3 Å². The van der Waals surface area contributed by atoms with Gasteiger partial charge in [-0.1, -0.05) is 20.8 Å². The maximum atomic E-state index is 12.1. The molecule has 0 bridgehead atoms. The van der Waals surface area contributed by atoms with Crippen LogP contribution in [0.2, 0.25) is 0 Å². The summed E-state index contributed by atoms with van der Waals surface area (Å²) in [5, 5.41) is 5.09. The first-order valence-corrected chi connectivity index (χ1v) is 6.85. The van der Waals surface area contributed by atoms with Crippen LogP contribution in [-0.2, 0) is 0 Å². The summed E-state index contributed by atoms with van der Waals surface area (Å²) in [6.45, 7) is 12.7. The standard InChI is InChI=1S/C14H23NOS/c1-10-7-8-17-11(10)12(16)15-14(5,6)9-13(2,3)4/h7-8H,9H2,1-6H3,(H,15,16). The molecule has 1 aromatic rings. The van der Waals surface area contributed by atoms with Crippen molar-refractivity contribution < 1.29 is 4.79 Å². The fourth-order valence-electron chi connectivity index (χ4n) is 2.34. The van der Waals surface area contributed by atoms with Crippen LogP contribution < -0.4 is 5.32 Å². The zero-order valence-electron chi connectivity index (χ0n) is 11.7. The molecule has 0 unspecified atom stereocenters. The minimum atomic E-state index is -0.175. The van der Waals surface area contributed by atoms with E-state index in [1.807, 2.05) is 18.4 Å². The fourth-order valence-corrected chi connectivity index (χ4v) is 3.16. The highest BCUT2D eigenvalue weighted by molar-refractivity contribution is 7.12. The van der Waals surface area contributed by atoms with Crippen LogP contribution in [0.25, 0.3) is 0 Å². The van der Waals surface area contributed by atoms with Crippen molar-refractivity contribution >= 4 is 17.2 Å². The Morgan fingerprint density at radius 2 is 1.88 bits per heavy atom. The van der Waals surface area contributed by atoms with Crippen molar-refractivity contribution in [3.63, 3.8) is 0 Å². The van der Waals surface area contributed by atoms with E-state index in [0.29, 0.717) is 0 Å². The van der Waals surface area contributed by atoms with Crippen LogP contribution in [0.15, 0.2) is 11.4 Å². The van der Waals surface area contributed by atoms with Crippen molar-refractivity contribution in [2.45, 2.75) is 53.5 Å². The average molecular weight is 253 g/mol. The summed E-state index contributed by atoms with van der Waals surface area (Å²) in [7, 11) is 0. The molecule has 3 heteroatoms. The van der Waals surface area contributed by atoms with Gasteiger partial charge in [-0.3, -0.25) is 4.79 Å². The van der Waals surface area contributed by atoms with E-state index in [2.05, 4.69) is 39.9 Å². The molecule has 2 nitrogen and oxygen atoms in total. The van der Waals surface area contributed by atoms with Gasteiger partial charge in [-0.2, -0.15) is 0 Å². The van der Waals surface area contributed by atoms with Crippen molar-refractivity contribution in [2.24, 2.45) is 5.41 Å². The second-order valence-corrected chi connectivity index (χ2v) is 7.42. The lowest BCUT2D eigenvalue weighted by atomic mass is 9.82. The van der Waals surface area contributed by atoms with E-state index in [1.54, 1.807) is 0 Å². The highest BCUT2D eigenvalue weighted by Crippen LogP contribution is 2.27. The first-order chi connectivity index (χ1) is 7.61. The molecule has 1 N–H and O–H groups in total. The van der Waals surface area contributed by atoms with E-state index in [-0.39, 0.29) is 16.9 Å². The van der Waals surface area contributed by atoms with Gasteiger partial charge in [0, 0.05) is 5.54 Å². The number of hydrogen-bond acceptors (Lipinski definition) is 2. The van der Waals surface area contributed by atoms with Crippen LogP contribution in [0.5, 0.6) is 0 Å². The van der Waals surface area contributed by atoms with Gasteiger partial charge in [-0.15, -0.1) is 11.3 Å². The van der Waals surface area contributed by atoms with E-state index >= 15 is 0 Å². The average Bonchev–Trinajstić information content (AvgIpc) is 2.44. The zero-order chi connectivity index (χ0) is 13.3. The summed E-state index contributed by atoms with van der Waals surface area (Å²) >= 11 is 1.50. The zero-order valence-corrected chi connectivity index (χ0v) is 12.5. The molecule has 0 aliphatic rings. The second-order valence-electron chi connectivity index (χ2n) is 6.51. The number of carbonyl (C=O) groups is 1. The number of aryl methyl sites for hydroxylation is 1. The number of nitrogens with one attached hydrogen (secondary N) is 1. The number of thiophene rings is 1. The molecule has 0 aliphatic heterocycles. The van der Waals surface area contributed by atoms with Gasteiger partial charge < -0.3 is 5.32 Å². The third kappa shape index (κ3) is 4.50. The summed E-state index contributed by atoms with van der Waals surface area (Å²) in [4.78, 5) is 13.0. The van der Waals surface area contributed by atoms with Gasteiger partial charge in [0.1, 0.15) is 0 Å². The quantitative estimate of drug-likeness (QED) is 0.866. The van der Waals surface area contributed by atoms with Crippen LogP contribution >= 0.6 is 11.3 Å². The number of hydrogen-bond donors (Lipinski definition) is 1. The SMILES string of the molecule is Cc1ccsc1C(=O)NC(C)(C)CC(C)(C)C. The van der Waals surface area contributed by atoms with Crippen molar-refractivity contribution in [3.05, 3.63) is 21.9 Å². The monoisotopic (exact) mass is 253 g/mol. The van der Waals surface area contributed by atoms with Gasteiger partial charge in [0.25, 0.3) is 5.91 Å². The maximum absolute atomic E-state index is 12.1. The molecule has 0 saturated heterocycles. The number of amides is 1. The maximum Gasteiger partial charge on any atom is 0.262 e. The predicted molar refractivity (Wildman–Crippen MR) is 74.7 cm³/mol. The van der Waals surface area contributed by atoms with Gasteiger partial charge in [0.05, 0.1) is 4.88 Å². The van der Waals surface area contributed by atoms with E-state index in [0.717, 1.165) is 16.9 Å². The summed E-state index contributed by atoms with van der Waals surface area (Å²) < 4.78 is 0. The molecule has 0 radical (unpaired) electrons. The Hall–Kier alpha value is -0.830. The third-order valence-electron chi connectivity index (χ3n) is 2.49. The molecule has 0 spiro atoms. The van der Waals surface area contributed by atoms with Crippen LogP contribution in [0.4, 0.5) is 0 Å². The van der Waals surface area contributed by atoms with Gasteiger partial charge in [-0.05, 0) is 49.6 Å². The van der Waals surface area contributed by atoms with Crippen molar-refractivity contribution in [1.29, 1.82) is 0 Å². The van der Waals surface area contributed by atoms with E-state index < -0.39 is 0 Å². The molecule has 0 atom stereocenters. The lowest BCUT2D eigenvalue weighted by Gasteiger charge is -2.33. The minimum Gasteiger partial charge on any atom is -0.346 e. The molecule has 17 heavy (non-hydrogen) atoms. The molecule has 0 saturated carbocycles. The smallest absolute Gasteiger partial charge is 0.262 e. The first kappa shape index (κ1) is 14.2. The van der Waals surface area contributed by atoms with Crippen molar-refractivity contribution in [1.82, 2.24) is 5.32 Å². The minimum absolute atomic E-state index is 0.0479. The van der Waals surface area contributed by atoms with Gasteiger partial charge in [-0.25, -0.2) is 0 Å². The summed E-state index contributed by atoms with van der Waals surface area (Å²) in [6, 6.07) is 1.98. The van der Waals surface area contributed by atoms with E-state index in [9.17, 15) is 4.79 Å². The Balaban J connectivity index is 2.72. The van der Waals surface area contributed by atoms with Gasteiger partial charge >= 0.3 is 0 Å². The van der Waals surface area contributed by atoms with E-state index in [1.165, 1.54) is 11.3 Å². The molecule has 1 rings (SSSR count). The molecule has 0 aliphatic carbocycles. The van der Waals surface area contributed by atoms with Crippen LogP contribution in [0, 0.1) is 12.3 Å².